The first-order valence-corrected chi connectivity index (χ1v) is 6.93. The largest absolute Gasteiger partial charge is 0.369 e. The second-order valence-electron chi connectivity index (χ2n) is 3.82. The van der Waals surface area contributed by atoms with Crippen molar-refractivity contribution < 1.29 is 13.2 Å². The minimum Gasteiger partial charge on any atom is -0.369 e. The number of nitrogens with one attached hydrogen (secondary N) is 1. The number of hydrogen-bond donors (Lipinski definition) is 2. The summed E-state index contributed by atoms with van der Waals surface area (Å²) in [5.74, 6) is -0.321. The van der Waals surface area contributed by atoms with Gasteiger partial charge in [-0.05, 0) is 23.8 Å². The van der Waals surface area contributed by atoms with Crippen molar-refractivity contribution in [3.8, 4) is 0 Å². The molecule has 0 aromatic heterocycles. The number of hydrogen-bond acceptors (Lipinski definition) is 5. The van der Waals surface area contributed by atoms with Crippen LogP contribution in [0.15, 0.2) is 39.9 Å². The van der Waals surface area contributed by atoms with Gasteiger partial charge in [0.25, 0.3) is 5.91 Å². The average Bonchev–Trinajstić information content (AvgIpc) is 2.57. The summed E-state index contributed by atoms with van der Waals surface area (Å²) in [4.78, 5) is 15.4. The van der Waals surface area contributed by atoms with Crippen LogP contribution in [0.4, 0.5) is 0 Å². The fourth-order valence-electron chi connectivity index (χ4n) is 1.46. The van der Waals surface area contributed by atoms with Gasteiger partial charge < -0.3 is 5.73 Å². The van der Waals surface area contributed by atoms with Gasteiger partial charge >= 0.3 is 0 Å². The van der Waals surface area contributed by atoms with Crippen LogP contribution in [0.25, 0.3) is 6.08 Å². The van der Waals surface area contributed by atoms with Gasteiger partial charge in [-0.1, -0.05) is 12.1 Å². The van der Waals surface area contributed by atoms with Crippen LogP contribution in [-0.4, -0.2) is 26.5 Å². The molecule has 0 saturated carbocycles. The second-order valence-corrected chi connectivity index (χ2v) is 5.84. The molecule has 3 N–H and O–H groups in total. The first kappa shape index (κ1) is 12.3. The summed E-state index contributed by atoms with van der Waals surface area (Å²) in [6.45, 7) is 0. The maximum absolute atomic E-state index is 11.3. The van der Waals surface area contributed by atoms with Crippen molar-refractivity contribution >= 4 is 27.8 Å². The first-order chi connectivity index (χ1) is 8.36. The number of sulfone groups is 1. The number of rotatable bonds is 2. The van der Waals surface area contributed by atoms with Crippen molar-refractivity contribution in [1.82, 2.24) is 5.32 Å². The highest BCUT2D eigenvalue weighted by Gasteiger charge is 2.17. The maximum Gasteiger partial charge on any atom is 0.276 e. The predicted molar refractivity (Wildman–Crippen MR) is 67.3 cm³/mol. The molecule has 0 unspecified atom stereocenters. The molecule has 7 heteroatoms. The quantitative estimate of drug-likeness (QED) is 0.727. The van der Waals surface area contributed by atoms with Gasteiger partial charge in [0, 0.05) is 6.26 Å². The molecule has 94 valence electrons. The van der Waals surface area contributed by atoms with Gasteiger partial charge in [0.2, 0.25) is 5.96 Å². The SMILES string of the molecule is CS(=O)(=O)c1ccc(C=C2N=C(N)NC2=O)cc1. The lowest BCUT2D eigenvalue weighted by Gasteiger charge is -1.99. The summed E-state index contributed by atoms with van der Waals surface area (Å²) in [6, 6.07) is 6.14. The van der Waals surface area contributed by atoms with Crippen molar-refractivity contribution in [2.75, 3.05) is 6.26 Å². The monoisotopic (exact) mass is 265 g/mol. The Morgan fingerprint density at radius 2 is 1.89 bits per heavy atom. The highest BCUT2D eigenvalue weighted by molar-refractivity contribution is 7.90. The molecule has 0 aliphatic carbocycles. The Balaban J connectivity index is 2.32. The third-order valence-corrected chi connectivity index (χ3v) is 3.46. The molecular formula is C11H11N3O3S. The molecule has 0 atom stereocenters. The van der Waals surface area contributed by atoms with E-state index in [9.17, 15) is 13.2 Å². The predicted octanol–water partition coefficient (Wildman–Crippen LogP) is -0.124. The standard InChI is InChI=1S/C11H11N3O3S/c1-18(16,17)8-4-2-7(3-5-8)6-9-10(15)14-11(12)13-9/h2-6H,1H3,(H3,12,13,14,15). The lowest BCUT2D eigenvalue weighted by molar-refractivity contribution is -0.115. The normalized spacial score (nSPS) is 17.7. The van der Waals surface area contributed by atoms with E-state index in [1.54, 1.807) is 12.1 Å². The number of nitrogens with zero attached hydrogens (tertiary/aromatic N) is 1. The molecule has 18 heavy (non-hydrogen) atoms. The molecule has 0 bridgehead atoms. The number of carbonyl (C=O) groups excluding carboxylic acids is 1. The molecule has 1 heterocycles. The van der Waals surface area contributed by atoms with Crippen molar-refractivity contribution in [2.45, 2.75) is 4.90 Å². The smallest absolute Gasteiger partial charge is 0.276 e. The van der Waals surface area contributed by atoms with Crippen LogP contribution in [0.5, 0.6) is 0 Å². The molecule has 0 fully saturated rings. The van der Waals surface area contributed by atoms with Crippen molar-refractivity contribution in [1.29, 1.82) is 0 Å². The summed E-state index contributed by atoms with van der Waals surface area (Å²) < 4.78 is 22.5. The summed E-state index contributed by atoms with van der Waals surface area (Å²) in [5, 5.41) is 2.35. The van der Waals surface area contributed by atoms with Crippen molar-refractivity contribution in [3.63, 3.8) is 0 Å². The number of guanidine groups is 1. The number of aliphatic imine (C=N–C) groups is 1. The Bertz CT molecular complexity index is 657. The summed E-state index contributed by atoms with van der Waals surface area (Å²) >= 11 is 0. The Hall–Kier alpha value is -2.15. The van der Waals surface area contributed by atoms with Crippen molar-refractivity contribution in [2.24, 2.45) is 10.7 Å². The van der Waals surface area contributed by atoms with Gasteiger partial charge in [0.1, 0.15) is 5.70 Å². The zero-order valence-corrected chi connectivity index (χ0v) is 10.4. The van der Waals surface area contributed by atoms with Gasteiger partial charge in [0.05, 0.1) is 4.90 Å². The zero-order valence-electron chi connectivity index (χ0n) is 9.54. The molecule has 0 spiro atoms. The average molecular weight is 265 g/mol. The Morgan fingerprint density at radius 3 is 2.33 bits per heavy atom. The molecule has 1 amide bonds. The maximum atomic E-state index is 11.3. The lowest BCUT2D eigenvalue weighted by Crippen LogP contribution is -2.30. The van der Waals surface area contributed by atoms with Gasteiger partial charge in [-0.3, -0.25) is 10.1 Å². The third kappa shape index (κ3) is 2.57. The number of carbonyl (C=O) groups is 1. The summed E-state index contributed by atoms with van der Waals surface area (Å²) in [5.41, 5.74) is 6.21. The highest BCUT2D eigenvalue weighted by atomic mass is 32.2. The van der Waals surface area contributed by atoms with E-state index < -0.39 is 9.84 Å². The molecule has 0 radical (unpaired) electrons. The van der Waals surface area contributed by atoms with Gasteiger partial charge in [-0.15, -0.1) is 0 Å². The van der Waals surface area contributed by atoms with Crippen LogP contribution in [0.3, 0.4) is 0 Å². The number of nitrogens with two attached hydrogens (primary N) is 1. The fraction of sp³-hybridized carbons (Fsp3) is 0.0909. The molecule has 1 aromatic rings. The van der Waals surface area contributed by atoms with E-state index in [4.69, 9.17) is 5.73 Å². The molecule has 6 nitrogen and oxygen atoms in total. The zero-order chi connectivity index (χ0) is 13.3. The Kier molecular flexibility index (Phi) is 2.92. The molecule has 1 aliphatic heterocycles. The van der Waals surface area contributed by atoms with Crippen molar-refractivity contribution in [3.05, 3.63) is 35.5 Å². The van der Waals surface area contributed by atoms with Crippen LogP contribution in [0, 0.1) is 0 Å². The van der Waals surface area contributed by atoms with Crippen LogP contribution in [-0.2, 0) is 14.6 Å². The van der Waals surface area contributed by atoms with Crippen LogP contribution < -0.4 is 11.1 Å². The Labute approximate surface area is 104 Å². The van der Waals surface area contributed by atoms with E-state index in [1.807, 2.05) is 0 Å². The van der Waals surface area contributed by atoms with E-state index in [1.165, 1.54) is 18.2 Å². The first-order valence-electron chi connectivity index (χ1n) is 5.03. The molecule has 1 aromatic carbocycles. The fourth-order valence-corrected chi connectivity index (χ4v) is 2.09. The number of benzene rings is 1. The summed E-state index contributed by atoms with van der Waals surface area (Å²) in [6.07, 6.45) is 2.66. The second kappa shape index (κ2) is 4.26. The van der Waals surface area contributed by atoms with Crippen LogP contribution >= 0.6 is 0 Å². The van der Waals surface area contributed by atoms with E-state index in [0.717, 1.165) is 6.26 Å². The van der Waals surface area contributed by atoms with E-state index in [0.29, 0.717) is 5.56 Å². The topological polar surface area (TPSA) is 102 Å². The van der Waals surface area contributed by atoms with E-state index in [2.05, 4.69) is 10.3 Å². The van der Waals surface area contributed by atoms with Gasteiger partial charge in [-0.2, -0.15) is 0 Å². The van der Waals surface area contributed by atoms with E-state index in [-0.39, 0.29) is 22.5 Å². The lowest BCUT2D eigenvalue weighted by atomic mass is 10.2. The molecular weight excluding hydrogens is 254 g/mol. The van der Waals surface area contributed by atoms with Gasteiger partial charge in [-0.25, -0.2) is 13.4 Å². The molecule has 2 rings (SSSR count). The Morgan fingerprint density at radius 1 is 1.28 bits per heavy atom. The third-order valence-electron chi connectivity index (χ3n) is 2.33. The minimum absolute atomic E-state index is 0.0546. The van der Waals surface area contributed by atoms with Crippen LogP contribution in [0.1, 0.15) is 5.56 Å². The van der Waals surface area contributed by atoms with E-state index >= 15 is 0 Å². The van der Waals surface area contributed by atoms with Crippen LogP contribution in [0.2, 0.25) is 0 Å². The summed E-state index contributed by atoms with van der Waals surface area (Å²) in [7, 11) is -3.21. The highest BCUT2D eigenvalue weighted by Crippen LogP contribution is 2.14. The van der Waals surface area contributed by atoms with Gasteiger partial charge in [0.15, 0.2) is 9.84 Å². The number of amides is 1. The molecule has 1 aliphatic rings. The molecule has 0 saturated heterocycles. The minimum atomic E-state index is -3.21.